The van der Waals surface area contributed by atoms with Crippen LogP contribution in [0, 0.1) is 11.7 Å². The van der Waals surface area contributed by atoms with Crippen molar-refractivity contribution in [2.24, 2.45) is 5.92 Å². The van der Waals surface area contributed by atoms with Crippen LogP contribution in [-0.2, 0) is 4.74 Å². The van der Waals surface area contributed by atoms with Gasteiger partial charge < -0.3 is 9.47 Å². The molecule has 0 heterocycles. The zero-order valence-electron chi connectivity index (χ0n) is 16.2. The molecule has 1 atom stereocenters. The molecule has 1 aliphatic rings. The van der Waals surface area contributed by atoms with E-state index in [1.165, 1.54) is 25.3 Å². The second kappa shape index (κ2) is 13.1. The first-order chi connectivity index (χ1) is 12.1. The smallest absolute Gasteiger partial charge is 0.165 e. The van der Waals surface area contributed by atoms with Crippen LogP contribution in [0.15, 0.2) is 18.2 Å². The van der Waals surface area contributed by atoms with Crippen LogP contribution in [0.3, 0.4) is 0 Å². The second-order valence-electron chi connectivity index (χ2n) is 6.49. The molecule has 1 aliphatic carbocycles. The maximum Gasteiger partial charge on any atom is 0.165 e. The molecule has 0 saturated heterocycles. The fraction of sp³-hybridized carbons (Fsp3) is 0.700. The average molecular weight is 355 g/mol. The van der Waals surface area contributed by atoms with Crippen molar-refractivity contribution in [3.8, 4) is 5.75 Å². The Morgan fingerprint density at radius 1 is 1.24 bits per heavy atom. The zero-order valence-corrected chi connectivity index (χ0v) is 16.2. The predicted octanol–water partition coefficient (Wildman–Crippen LogP) is 4.61. The number of benzene rings is 1. The summed E-state index contributed by atoms with van der Waals surface area (Å²) >= 11 is 0. The summed E-state index contributed by atoms with van der Waals surface area (Å²) in [6.45, 7) is 11.2. The van der Waals surface area contributed by atoms with Crippen LogP contribution in [0.25, 0.3) is 0 Å². The van der Waals surface area contributed by atoms with Crippen LogP contribution in [0.1, 0.15) is 65.0 Å². The molecule has 0 radical (unpaired) electrons. The van der Waals surface area contributed by atoms with Crippen molar-refractivity contribution >= 4 is 0 Å². The number of hydrazine groups is 1. The third kappa shape index (κ3) is 9.78. The highest BCUT2D eigenvalue weighted by Gasteiger charge is 2.22. The summed E-state index contributed by atoms with van der Waals surface area (Å²) in [7, 11) is 0. The monoisotopic (exact) mass is 354 g/mol. The van der Waals surface area contributed by atoms with Gasteiger partial charge in [-0.1, -0.05) is 26.3 Å². The second-order valence-corrected chi connectivity index (χ2v) is 6.49. The maximum absolute atomic E-state index is 13.8. The Morgan fingerprint density at radius 3 is 2.60 bits per heavy atom. The molecule has 0 amide bonds. The zero-order chi connectivity index (χ0) is 18.5. The minimum Gasteiger partial charge on any atom is -0.490 e. The lowest BCUT2D eigenvalue weighted by Crippen LogP contribution is -2.35. The highest BCUT2D eigenvalue weighted by atomic mass is 19.1. The number of hydrogen-bond donors (Lipinski definition) is 2. The van der Waals surface area contributed by atoms with Gasteiger partial charge >= 0.3 is 0 Å². The summed E-state index contributed by atoms with van der Waals surface area (Å²) in [6, 6.07) is 5.14. The molecule has 0 aliphatic heterocycles. The van der Waals surface area contributed by atoms with E-state index >= 15 is 0 Å². The Bertz CT molecular complexity index is 467. The molecular weight excluding hydrogens is 319 g/mol. The number of ether oxygens (including phenoxy) is 2. The van der Waals surface area contributed by atoms with Gasteiger partial charge in [0.2, 0.25) is 0 Å². The molecule has 2 N–H and O–H groups in total. The SMILES string of the molecule is CCC.CCOCCCNNC(C)c1ccc(F)c(OCC2CC2)c1. The van der Waals surface area contributed by atoms with Crippen molar-refractivity contribution in [2.45, 2.75) is 59.4 Å². The number of halogens is 1. The van der Waals surface area contributed by atoms with E-state index in [1.807, 2.05) is 13.8 Å². The molecule has 25 heavy (non-hydrogen) atoms. The summed E-state index contributed by atoms with van der Waals surface area (Å²) in [5.74, 6) is 0.682. The van der Waals surface area contributed by atoms with Crippen molar-refractivity contribution < 1.29 is 13.9 Å². The maximum atomic E-state index is 13.8. The Hall–Kier alpha value is -1.17. The standard InChI is InChI=1S/C17H27FN2O2.C3H8/c1-3-21-10-4-9-19-20-13(2)15-7-8-16(18)17(11-15)22-12-14-5-6-14;1-3-2/h7-8,11,13-14,19-20H,3-6,9-10,12H2,1-2H3;3H2,1-2H3. The number of rotatable bonds is 11. The number of hydrogen-bond acceptors (Lipinski definition) is 4. The lowest BCUT2D eigenvalue weighted by molar-refractivity contribution is 0.143. The van der Waals surface area contributed by atoms with Crippen LogP contribution < -0.4 is 15.6 Å². The summed E-state index contributed by atoms with van der Waals surface area (Å²) < 4.78 is 24.6. The Labute approximate surface area is 152 Å². The van der Waals surface area contributed by atoms with Crippen molar-refractivity contribution in [1.29, 1.82) is 0 Å². The van der Waals surface area contributed by atoms with Crippen LogP contribution in [-0.4, -0.2) is 26.4 Å². The van der Waals surface area contributed by atoms with Gasteiger partial charge in [0, 0.05) is 25.8 Å². The van der Waals surface area contributed by atoms with Crippen molar-refractivity contribution in [3.05, 3.63) is 29.6 Å². The van der Waals surface area contributed by atoms with Gasteiger partial charge in [0.05, 0.1) is 6.61 Å². The van der Waals surface area contributed by atoms with E-state index in [0.29, 0.717) is 18.3 Å². The lowest BCUT2D eigenvalue weighted by Gasteiger charge is -2.17. The normalized spacial score (nSPS) is 14.6. The third-order valence-electron chi connectivity index (χ3n) is 3.74. The Kier molecular flexibility index (Phi) is 11.5. The highest BCUT2D eigenvalue weighted by molar-refractivity contribution is 5.32. The van der Waals surface area contributed by atoms with Crippen LogP contribution in [0.5, 0.6) is 5.75 Å². The van der Waals surface area contributed by atoms with E-state index in [-0.39, 0.29) is 11.9 Å². The number of nitrogens with one attached hydrogen (secondary N) is 2. The van der Waals surface area contributed by atoms with Gasteiger partial charge in [-0.15, -0.1) is 0 Å². The molecule has 1 saturated carbocycles. The van der Waals surface area contributed by atoms with Gasteiger partial charge in [-0.3, -0.25) is 10.9 Å². The predicted molar refractivity (Wildman–Crippen MR) is 101 cm³/mol. The summed E-state index contributed by atoms with van der Waals surface area (Å²) in [6.07, 6.45) is 4.60. The molecule has 0 spiro atoms. The molecule has 0 bridgehead atoms. The highest BCUT2D eigenvalue weighted by Crippen LogP contribution is 2.30. The minimum absolute atomic E-state index is 0.0796. The first-order valence-corrected chi connectivity index (χ1v) is 9.60. The van der Waals surface area contributed by atoms with Gasteiger partial charge in [-0.2, -0.15) is 0 Å². The van der Waals surface area contributed by atoms with E-state index in [4.69, 9.17) is 9.47 Å². The average Bonchev–Trinajstić information content (AvgIpc) is 3.42. The largest absolute Gasteiger partial charge is 0.490 e. The Morgan fingerprint density at radius 2 is 1.96 bits per heavy atom. The van der Waals surface area contributed by atoms with Crippen LogP contribution >= 0.6 is 0 Å². The summed E-state index contributed by atoms with van der Waals surface area (Å²) in [5.41, 5.74) is 7.39. The molecule has 1 aromatic carbocycles. The van der Waals surface area contributed by atoms with Crippen molar-refractivity contribution in [3.63, 3.8) is 0 Å². The first-order valence-electron chi connectivity index (χ1n) is 9.60. The molecule has 1 unspecified atom stereocenters. The van der Waals surface area contributed by atoms with E-state index in [2.05, 4.69) is 24.7 Å². The quantitative estimate of drug-likeness (QED) is 0.450. The molecule has 4 nitrogen and oxygen atoms in total. The first kappa shape index (κ1) is 21.9. The Balaban J connectivity index is 0.000000970. The third-order valence-corrected chi connectivity index (χ3v) is 3.74. The fourth-order valence-electron chi connectivity index (χ4n) is 2.11. The molecule has 1 aromatic rings. The molecular formula is C20H35FN2O2. The summed E-state index contributed by atoms with van der Waals surface area (Å²) in [4.78, 5) is 0. The van der Waals surface area contributed by atoms with Crippen LogP contribution in [0.2, 0.25) is 0 Å². The van der Waals surface area contributed by atoms with E-state index < -0.39 is 0 Å². The molecule has 2 rings (SSSR count). The molecule has 144 valence electrons. The lowest BCUT2D eigenvalue weighted by atomic mass is 10.1. The van der Waals surface area contributed by atoms with Crippen molar-refractivity contribution in [2.75, 3.05) is 26.4 Å². The fourth-order valence-corrected chi connectivity index (χ4v) is 2.11. The van der Waals surface area contributed by atoms with Gasteiger partial charge in [-0.05, 0) is 56.7 Å². The minimum atomic E-state index is -0.290. The van der Waals surface area contributed by atoms with Gasteiger partial charge in [0.1, 0.15) is 0 Å². The van der Waals surface area contributed by atoms with Crippen molar-refractivity contribution in [1.82, 2.24) is 10.9 Å². The van der Waals surface area contributed by atoms with Gasteiger partial charge in [-0.25, -0.2) is 4.39 Å². The van der Waals surface area contributed by atoms with E-state index in [1.54, 1.807) is 12.1 Å². The molecule has 0 aromatic heterocycles. The van der Waals surface area contributed by atoms with E-state index in [9.17, 15) is 4.39 Å². The van der Waals surface area contributed by atoms with Gasteiger partial charge in [0.15, 0.2) is 11.6 Å². The van der Waals surface area contributed by atoms with Gasteiger partial charge in [0.25, 0.3) is 0 Å². The molecule has 1 fully saturated rings. The summed E-state index contributed by atoms with van der Waals surface area (Å²) in [5, 5.41) is 0. The topological polar surface area (TPSA) is 42.5 Å². The van der Waals surface area contributed by atoms with Crippen LogP contribution in [0.4, 0.5) is 4.39 Å². The molecule has 5 heteroatoms. The van der Waals surface area contributed by atoms with E-state index in [0.717, 1.165) is 31.7 Å².